The molecule has 0 atom stereocenters. The Hall–Kier alpha value is -5.20. The predicted molar refractivity (Wildman–Crippen MR) is 248 cm³/mol. The second-order valence-electron chi connectivity index (χ2n) is 21.0. The minimum atomic E-state index is 0.0195. The first-order chi connectivity index (χ1) is 26.3. The van der Waals surface area contributed by atoms with Gasteiger partial charge in [0.25, 0.3) is 0 Å². The van der Waals surface area contributed by atoms with Crippen molar-refractivity contribution in [3.63, 3.8) is 0 Å². The smallest absolute Gasteiger partial charge is 0.0000929 e. The average molecular weight is 727 g/mol. The molecule has 0 spiro atoms. The van der Waals surface area contributed by atoms with Gasteiger partial charge in [-0.1, -0.05) is 192 Å². The van der Waals surface area contributed by atoms with Gasteiger partial charge in [0.05, 0.1) is 0 Å². The van der Waals surface area contributed by atoms with E-state index < -0.39 is 0 Å². The highest BCUT2D eigenvalue weighted by Crippen LogP contribution is 2.56. The van der Waals surface area contributed by atoms with Crippen LogP contribution in [0.25, 0.3) is 97.7 Å². The maximum Gasteiger partial charge on any atom is -0.0000929 e. The Kier molecular flexibility index (Phi) is 7.06. The third-order valence-corrected chi connectivity index (χ3v) is 13.1. The lowest BCUT2D eigenvalue weighted by Crippen LogP contribution is -2.16. The molecular weight excluding hydrogens is 673 g/mol. The lowest BCUT2D eigenvalue weighted by atomic mass is 9.74. The molecule has 10 aromatic carbocycles. The first-order valence-corrected chi connectivity index (χ1v) is 20.7. The lowest BCUT2D eigenvalue weighted by Gasteiger charge is -2.29. The van der Waals surface area contributed by atoms with Gasteiger partial charge in [0, 0.05) is 0 Å². The van der Waals surface area contributed by atoms with Crippen LogP contribution >= 0.6 is 0 Å². The van der Waals surface area contributed by atoms with Crippen molar-refractivity contribution in [2.45, 2.75) is 105 Å². The number of hydrogen-bond acceptors (Lipinski definition) is 0. The molecule has 278 valence electrons. The summed E-state index contributed by atoms with van der Waals surface area (Å²) in [4.78, 5) is 0. The summed E-state index contributed by atoms with van der Waals surface area (Å²) in [6.45, 7) is 28.2. The van der Waals surface area contributed by atoms with Crippen LogP contribution in [0.5, 0.6) is 0 Å². The normalized spacial score (nSPS) is 13.7. The summed E-state index contributed by atoms with van der Waals surface area (Å²) in [6.07, 6.45) is 0. The Morgan fingerprint density at radius 2 is 0.464 bits per heavy atom. The van der Waals surface area contributed by atoms with Gasteiger partial charge in [0.15, 0.2) is 0 Å². The predicted octanol–water partition coefficient (Wildman–Crippen LogP) is 16.6. The van der Waals surface area contributed by atoms with E-state index in [1.807, 2.05) is 0 Å². The van der Waals surface area contributed by atoms with Crippen molar-refractivity contribution in [1.29, 1.82) is 0 Å². The third kappa shape index (κ3) is 4.90. The number of rotatable bonds is 2. The molecule has 0 unspecified atom stereocenters. The maximum atomic E-state index is 2.49. The van der Waals surface area contributed by atoms with E-state index >= 15 is 0 Å². The van der Waals surface area contributed by atoms with E-state index in [2.05, 4.69) is 192 Å². The van der Waals surface area contributed by atoms with E-state index in [-0.39, 0.29) is 21.7 Å². The summed E-state index contributed by atoms with van der Waals surface area (Å²) < 4.78 is 0. The van der Waals surface area contributed by atoms with Crippen LogP contribution in [0.2, 0.25) is 0 Å². The van der Waals surface area contributed by atoms with Gasteiger partial charge < -0.3 is 0 Å². The van der Waals surface area contributed by atoms with Crippen LogP contribution in [-0.4, -0.2) is 0 Å². The number of hydrogen-bond donors (Lipinski definition) is 0. The zero-order valence-electron chi connectivity index (χ0n) is 35.4. The Labute approximate surface area is 332 Å². The molecule has 0 nitrogen and oxygen atoms in total. The fourth-order valence-electron chi connectivity index (χ4n) is 9.96. The minimum Gasteiger partial charge on any atom is -0.0610 e. The zero-order valence-corrected chi connectivity index (χ0v) is 35.4. The molecule has 0 saturated carbocycles. The molecule has 0 saturated heterocycles. The van der Waals surface area contributed by atoms with Crippen LogP contribution in [0.1, 0.15) is 105 Å². The Morgan fingerprint density at radius 1 is 0.250 bits per heavy atom. The summed E-state index contributed by atoms with van der Waals surface area (Å²) in [5.74, 6) is 0. The summed E-state index contributed by atoms with van der Waals surface area (Å²) in [6, 6.07) is 43.3. The van der Waals surface area contributed by atoms with Crippen LogP contribution in [-0.2, 0) is 21.7 Å². The van der Waals surface area contributed by atoms with Crippen molar-refractivity contribution in [2.24, 2.45) is 0 Å². The first kappa shape index (κ1) is 35.2. The van der Waals surface area contributed by atoms with E-state index in [1.165, 1.54) is 120 Å². The van der Waals surface area contributed by atoms with Crippen LogP contribution in [0, 0.1) is 0 Å². The maximum absolute atomic E-state index is 2.49. The molecule has 0 aliphatic heterocycles. The van der Waals surface area contributed by atoms with Gasteiger partial charge in [-0.05, 0) is 142 Å². The molecule has 56 heavy (non-hydrogen) atoms. The third-order valence-electron chi connectivity index (χ3n) is 13.1. The van der Waals surface area contributed by atoms with Crippen LogP contribution in [0.15, 0.2) is 109 Å². The summed E-state index contributed by atoms with van der Waals surface area (Å²) >= 11 is 0. The molecule has 10 rings (SSSR count). The molecule has 0 heterocycles. The molecule has 0 bridgehead atoms. The van der Waals surface area contributed by atoms with E-state index in [1.54, 1.807) is 0 Å². The van der Waals surface area contributed by atoms with Crippen molar-refractivity contribution >= 4 is 75.4 Å². The molecule has 0 amide bonds. The van der Waals surface area contributed by atoms with Crippen LogP contribution in [0.4, 0.5) is 0 Å². The molecule has 0 fully saturated rings. The average Bonchev–Trinajstić information content (AvgIpc) is 3.13. The second kappa shape index (κ2) is 11.2. The van der Waals surface area contributed by atoms with E-state index in [4.69, 9.17) is 0 Å². The van der Waals surface area contributed by atoms with Gasteiger partial charge >= 0.3 is 0 Å². The summed E-state index contributed by atoms with van der Waals surface area (Å²) in [5.41, 5.74) is 11.0. The van der Waals surface area contributed by atoms with Crippen LogP contribution < -0.4 is 0 Å². The van der Waals surface area contributed by atoms with Gasteiger partial charge in [-0.3, -0.25) is 0 Å². The Morgan fingerprint density at radius 3 is 0.679 bits per heavy atom. The van der Waals surface area contributed by atoms with Crippen molar-refractivity contribution in [3.8, 4) is 22.3 Å². The largest absolute Gasteiger partial charge is 0.0610 e. The highest BCUT2D eigenvalue weighted by molar-refractivity contribution is 6.51. The number of benzene rings is 10. The molecule has 0 aliphatic carbocycles. The highest BCUT2D eigenvalue weighted by atomic mass is 14.3. The standard InChI is InChI=1S/C56H54/c1-53(2,3)33-25-31(26-34(29-33)54(4,5)6)45-41-21-13-17-37-39-19-15-23-43-46(32-27-35(55(7,8)9)30-36(28-32)56(10,11)12)44-24-16-20-40-38-18-14-22-42(45)48(38)51(47(37)41)52(49(39)43)50(40)44/h13-30H,1-12H3. The van der Waals surface area contributed by atoms with E-state index in [0.717, 1.165) is 0 Å². The van der Waals surface area contributed by atoms with E-state index in [9.17, 15) is 0 Å². The fraction of sp³-hybridized carbons (Fsp3) is 0.286. The van der Waals surface area contributed by atoms with Crippen molar-refractivity contribution in [2.75, 3.05) is 0 Å². The van der Waals surface area contributed by atoms with Crippen molar-refractivity contribution in [1.82, 2.24) is 0 Å². The van der Waals surface area contributed by atoms with Gasteiger partial charge in [-0.2, -0.15) is 0 Å². The molecule has 0 aliphatic rings. The second-order valence-corrected chi connectivity index (χ2v) is 21.0. The molecule has 10 aromatic rings. The monoisotopic (exact) mass is 726 g/mol. The van der Waals surface area contributed by atoms with Gasteiger partial charge in [0.1, 0.15) is 0 Å². The quantitative estimate of drug-likeness (QED) is 0.123. The highest BCUT2D eigenvalue weighted by Gasteiger charge is 2.29. The summed E-state index contributed by atoms with van der Waals surface area (Å²) in [7, 11) is 0. The van der Waals surface area contributed by atoms with Gasteiger partial charge in [-0.25, -0.2) is 0 Å². The van der Waals surface area contributed by atoms with Crippen molar-refractivity contribution in [3.05, 3.63) is 131 Å². The van der Waals surface area contributed by atoms with Gasteiger partial charge in [0.2, 0.25) is 0 Å². The van der Waals surface area contributed by atoms with Gasteiger partial charge in [-0.15, -0.1) is 0 Å². The molecule has 0 N–H and O–H groups in total. The van der Waals surface area contributed by atoms with Crippen molar-refractivity contribution < 1.29 is 0 Å². The molecule has 0 radical (unpaired) electrons. The van der Waals surface area contributed by atoms with Crippen LogP contribution in [0.3, 0.4) is 0 Å². The SMILES string of the molecule is CC(C)(C)c1cc(-c2c3cccc4c5cccc6c(-c7cc(C(C)(C)C)cc(C(C)(C)C)c7)c7cccc8c9cccc2c9c(c34)c(c65)c78)cc(C(C)(C)C)c1. The lowest BCUT2D eigenvalue weighted by molar-refractivity contribution is 0.568. The summed E-state index contributed by atoms with van der Waals surface area (Å²) in [5, 5.41) is 19.2. The fourth-order valence-corrected chi connectivity index (χ4v) is 9.96. The number of fused-ring (bicyclic) bond motifs is 2. The minimum absolute atomic E-state index is 0.0195. The Bertz CT molecular complexity index is 2770. The molecular formula is C56H54. The first-order valence-electron chi connectivity index (χ1n) is 20.7. The Balaban J connectivity index is 1.45. The van der Waals surface area contributed by atoms with E-state index in [0.29, 0.717) is 0 Å². The molecule has 0 heteroatoms. The molecule has 0 aromatic heterocycles. The zero-order chi connectivity index (χ0) is 39.4. The topological polar surface area (TPSA) is 0 Å².